The molecule has 0 aliphatic carbocycles. The standard InChI is InChI=1S/C19H14FN3O4/c20-14-6-3-5-13(11-14)12-22-10-4-7-15(19(22)25)18(24)21-16-8-1-2-9-17(16)23(26)27/h1-11H,12H2,(H,21,24). The Morgan fingerprint density at radius 3 is 2.63 bits per heavy atom. The minimum Gasteiger partial charge on any atom is -0.316 e. The Balaban J connectivity index is 1.88. The van der Waals surface area contributed by atoms with Gasteiger partial charge >= 0.3 is 0 Å². The van der Waals surface area contributed by atoms with Crippen LogP contribution >= 0.6 is 0 Å². The molecule has 1 N–H and O–H groups in total. The van der Waals surface area contributed by atoms with E-state index in [4.69, 9.17) is 0 Å². The first kappa shape index (κ1) is 18.0. The fraction of sp³-hybridized carbons (Fsp3) is 0.0526. The molecule has 7 nitrogen and oxygen atoms in total. The van der Waals surface area contributed by atoms with Gasteiger partial charge in [-0.2, -0.15) is 0 Å². The topological polar surface area (TPSA) is 94.2 Å². The van der Waals surface area contributed by atoms with Crippen molar-refractivity contribution in [3.8, 4) is 0 Å². The van der Waals surface area contributed by atoms with Gasteiger partial charge in [0.05, 0.1) is 11.5 Å². The van der Waals surface area contributed by atoms with E-state index in [1.165, 1.54) is 65.4 Å². The lowest BCUT2D eigenvalue weighted by molar-refractivity contribution is -0.383. The average molecular weight is 367 g/mol. The highest BCUT2D eigenvalue weighted by Gasteiger charge is 2.18. The normalized spacial score (nSPS) is 10.4. The van der Waals surface area contributed by atoms with Crippen LogP contribution in [0.25, 0.3) is 0 Å². The second kappa shape index (κ2) is 7.61. The Morgan fingerprint density at radius 1 is 1.11 bits per heavy atom. The number of carbonyl (C=O) groups is 1. The summed E-state index contributed by atoms with van der Waals surface area (Å²) in [6, 6.07) is 14.3. The molecule has 136 valence electrons. The SMILES string of the molecule is O=C(Nc1ccccc1[N+](=O)[O-])c1cccn(Cc2cccc(F)c2)c1=O. The molecule has 0 spiro atoms. The highest BCUT2D eigenvalue weighted by atomic mass is 19.1. The molecule has 0 bridgehead atoms. The number of hydrogen-bond acceptors (Lipinski definition) is 4. The lowest BCUT2D eigenvalue weighted by Crippen LogP contribution is -2.29. The van der Waals surface area contributed by atoms with Gasteiger partial charge in [-0.05, 0) is 35.9 Å². The minimum absolute atomic E-state index is 0.00701. The number of nitrogens with zero attached hydrogens (tertiary/aromatic N) is 2. The Bertz CT molecular complexity index is 1080. The molecular weight excluding hydrogens is 353 g/mol. The van der Waals surface area contributed by atoms with Crippen molar-refractivity contribution in [2.24, 2.45) is 0 Å². The van der Waals surface area contributed by atoms with Crippen LogP contribution in [-0.2, 0) is 6.54 Å². The maximum absolute atomic E-state index is 13.3. The predicted octanol–water partition coefficient (Wildman–Crippen LogP) is 3.20. The number of halogens is 1. The molecule has 2 aromatic carbocycles. The number of anilines is 1. The molecule has 0 atom stereocenters. The van der Waals surface area contributed by atoms with Gasteiger partial charge < -0.3 is 9.88 Å². The summed E-state index contributed by atoms with van der Waals surface area (Å²) in [4.78, 5) is 35.5. The van der Waals surface area contributed by atoms with Crippen LogP contribution in [0.2, 0.25) is 0 Å². The molecule has 3 rings (SSSR count). The van der Waals surface area contributed by atoms with E-state index in [2.05, 4.69) is 5.32 Å². The number of amides is 1. The predicted molar refractivity (Wildman–Crippen MR) is 97.3 cm³/mol. The van der Waals surface area contributed by atoms with Crippen LogP contribution in [-0.4, -0.2) is 15.4 Å². The van der Waals surface area contributed by atoms with Crippen molar-refractivity contribution in [3.05, 3.63) is 104 Å². The summed E-state index contributed by atoms with van der Waals surface area (Å²) in [5.41, 5.74) is -0.479. The molecule has 3 aromatic rings. The molecule has 1 aromatic heterocycles. The Labute approximate surface area is 152 Å². The van der Waals surface area contributed by atoms with Gasteiger partial charge in [0.15, 0.2) is 0 Å². The zero-order valence-corrected chi connectivity index (χ0v) is 14.0. The second-order valence-corrected chi connectivity index (χ2v) is 5.71. The summed E-state index contributed by atoms with van der Waals surface area (Å²) in [7, 11) is 0. The number of para-hydroxylation sites is 2. The zero-order valence-electron chi connectivity index (χ0n) is 14.0. The van der Waals surface area contributed by atoms with Gasteiger partial charge in [-0.1, -0.05) is 24.3 Å². The maximum Gasteiger partial charge on any atom is 0.292 e. The summed E-state index contributed by atoms with van der Waals surface area (Å²) < 4.78 is 14.6. The molecule has 27 heavy (non-hydrogen) atoms. The van der Waals surface area contributed by atoms with E-state index in [0.29, 0.717) is 5.56 Å². The van der Waals surface area contributed by atoms with Crippen LogP contribution in [0.3, 0.4) is 0 Å². The third kappa shape index (κ3) is 4.06. The Morgan fingerprint density at radius 2 is 1.89 bits per heavy atom. The molecule has 0 saturated heterocycles. The van der Waals surface area contributed by atoms with Gasteiger partial charge in [0.25, 0.3) is 17.2 Å². The minimum atomic E-state index is -0.761. The third-order valence-electron chi connectivity index (χ3n) is 3.86. The van der Waals surface area contributed by atoms with Crippen molar-refractivity contribution in [3.63, 3.8) is 0 Å². The molecule has 0 aliphatic rings. The molecule has 0 aliphatic heterocycles. The smallest absolute Gasteiger partial charge is 0.292 e. The fourth-order valence-corrected chi connectivity index (χ4v) is 2.59. The monoisotopic (exact) mass is 367 g/mol. The number of nitro benzene ring substituents is 1. The summed E-state index contributed by atoms with van der Waals surface area (Å²) >= 11 is 0. The number of aromatic nitrogens is 1. The molecule has 0 radical (unpaired) electrons. The van der Waals surface area contributed by atoms with Gasteiger partial charge in [-0.15, -0.1) is 0 Å². The van der Waals surface area contributed by atoms with Gasteiger partial charge in [0, 0.05) is 12.3 Å². The fourth-order valence-electron chi connectivity index (χ4n) is 2.59. The van der Waals surface area contributed by atoms with Crippen molar-refractivity contribution in [1.82, 2.24) is 4.57 Å². The van der Waals surface area contributed by atoms with Crippen LogP contribution in [0.15, 0.2) is 71.7 Å². The highest BCUT2D eigenvalue weighted by molar-refractivity contribution is 6.05. The van der Waals surface area contributed by atoms with Crippen LogP contribution < -0.4 is 10.9 Å². The summed E-state index contributed by atoms with van der Waals surface area (Å²) in [5, 5.41) is 13.4. The Kier molecular flexibility index (Phi) is 5.07. The van der Waals surface area contributed by atoms with E-state index >= 15 is 0 Å². The number of benzene rings is 2. The number of pyridine rings is 1. The average Bonchev–Trinajstić information content (AvgIpc) is 2.63. The largest absolute Gasteiger partial charge is 0.316 e. The van der Waals surface area contributed by atoms with Gasteiger partial charge in [0.2, 0.25) is 0 Å². The quantitative estimate of drug-likeness (QED) is 0.553. The van der Waals surface area contributed by atoms with E-state index < -0.39 is 22.2 Å². The van der Waals surface area contributed by atoms with E-state index in [1.807, 2.05) is 0 Å². The first-order valence-corrected chi connectivity index (χ1v) is 7.94. The molecule has 0 fully saturated rings. The van der Waals surface area contributed by atoms with Crippen molar-refractivity contribution < 1.29 is 14.1 Å². The Hall–Kier alpha value is -3.81. The van der Waals surface area contributed by atoms with E-state index in [-0.39, 0.29) is 23.5 Å². The molecule has 0 saturated carbocycles. The van der Waals surface area contributed by atoms with E-state index in [1.54, 1.807) is 6.07 Å². The molecule has 0 unspecified atom stereocenters. The summed E-state index contributed by atoms with van der Waals surface area (Å²) in [6.07, 6.45) is 1.48. The molecule has 8 heteroatoms. The molecule has 1 amide bonds. The lowest BCUT2D eigenvalue weighted by atomic mass is 10.2. The first-order valence-electron chi connectivity index (χ1n) is 7.94. The first-order chi connectivity index (χ1) is 13.0. The van der Waals surface area contributed by atoms with E-state index in [9.17, 15) is 24.1 Å². The maximum atomic E-state index is 13.3. The van der Waals surface area contributed by atoms with Crippen molar-refractivity contribution in [2.45, 2.75) is 6.54 Å². The van der Waals surface area contributed by atoms with Gasteiger partial charge in [-0.3, -0.25) is 19.7 Å². The molecular formula is C19H14FN3O4. The number of nitro groups is 1. The zero-order chi connectivity index (χ0) is 19.4. The number of carbonyl (C=O) groups excluding carboxylic acids is 1. The number of hydrogen-bond donors (Lipinski definition) is 1. The second-order valence-electron chi connectivity index (χ2n) is 5.71. The van der Waals surface area contributed by atoms with Crippen molar-refractivity contribution in [1.29, 1.82) is 0 Å². The number of rotatable bonds is 5. The number of nitrogens with one attached hydrogen (secondary N) is 1. The van der Waals surface area contributed by atoms with E-state index in [0.717, 1.165) is 0 Å². The summed E-state index contributed by atoms with van der Waals surface area (Å²) in [6.45, 7) is 0.0865. The van der Waals surface area contributed by atoms with Crippen LogP contribution in [0.5, 0.6) is 0 Å². The van der Waals surface area contributed by atoms with Crippen molar-refractivity contribution in [2.75, 3.05) is 5.32 Å². The van der Waals surface area contributed by atoms with Crippen molar-refractivity contribution >= 4 is 17.3 Å². The van der Waals surface area contributed by atoms with Crippen LogP contribution in [0.4, 0.5) is 15.8 Å². The van der Waals surface area contributed by atoms with Gasteiger partial charge in [0.1, 0.15) is 17.1 Å². The third-order valence-corrected chi connectivity index (χ3v) is 3.86. The summed E-state index contributed by atoms with van der Waals surface area (Å²) in [5.74, 6) is -1.19. The molecule has 1 heterocycles. The highest BCUT2D eigenvalue weighted by Crippen LogP contribution is 2.23. The van der Waals surface area contributed by atoms with Gasteiger partial charge in [-0.25, -0.2) is 4.39 Å². The lowest BCUT2D eigenvalue weighted by Gasteiger charge is -2.09. The van der Waals surface area contributed by atoms with Crippen LogP contribution in [0.1, 0.15) is 15.9 Å². The van der Waals surface area contributed by atoms with Crippen LogP contribution in [0, 0.1) is 15.9 Å².